The summed E-state index contributed by atoms with van der Waals surface area (Å²) in [6.07, 6.45) is 1.96. The standard InChI is InChI=1S/C13H11BrN2O/c1-8-6-12-15-11(14)7-16(12)13-9(8)4-3-5-10(13)17-2/h3-7H,1-2H3. The number of aryl methyl sites for hydroxylation is 1. The third kappa shape index (κ3) is 1.52. The van der Waals surface area contributed by atoms with Crippen molar-refractivity contribution in [1.29, 1.82) is 0 Å². The summed E-state index contributed by atoms with van der Waals surface area (Å²) in [7, 11) is 1.69. The molecule has 0 unspecified atom stereocenters. The van der Waals surface area contributed by atoms with Gasteiger partial charge in [0, 0.05) is 11.6 Å². The van der Waals surface area contributed by atoms with E-state index in [0.717, 1.165) is 21.5 Å². The molecule has 2 aromatic heterocycles. The lowest BCUT2D eigenvalue weighted by molar-refractivity contribution is 0.418. The third-order valence-electron chi connectivity index (χ3n) is 2.93. The molecule has 3 rings (SSSR count). The Morgan fingerprint density at radius 2 is 2.18 bits per heavy atom. The predicted molar refractivity (Wildman–Crippen MR) is 71.7 cm³/mol. The Bertz CT molecular complexity index is 718. The number of hydrogen-bond donors (Lipinski definition) is 0. The van der Waals surface area contributed by atoms with Crippen molar-refractivity contribution in [3.05, 3.63) is 40.6 Å². The largest absolute Gasteiger partial charge is 0.495 e. The molecule has 3 aromatic rings. The molecule has 0 saturated carbocycles. The van der Waals surface area contributed by atoms with E-state index >= 15 is 0 Å². The van der Waals surface area contributed by atoms with Crippen molar-refractivity contribution in [3.8, 4) is 5.75 Å². The van der Waals surface area contributed by atoms with E-state index in [-0.39, 0.29) is 0 Å². The quantitative estimate of drug-likeness (QED) is 0.685. The van der Waals surface area contributed by atoms with Crippen LogP contribution in [0.1, 0.15) is 5.56 Å². The molecule has 0 aliphatic carbocycles. The average Bonchev–Trinajstić information content (AvgIpc) is 2.69. The first-order valence-corrected chi connectivity index (χ1v) is 6.11. The molecule has 1 aromatic carbocycles. The maximum atomic E-state index is 5.44. The lowest BCUT2D eigenvalue weighted by Crippen LogP contribution is -1.94. The molecule has 0 radical (unpaired) electrons. The number of rotatable bonds is 1. The molecule has 0 N–H and O–H groups in total. The molecule has 0 amide bonds. The van der Waals surface area contributed by atoms with E-state index in [0.29, 0.717) is 0 Å². The second kappa shape index (κ2) is 3.74. The molecule has 0 atom stereocenters. The molecule has 0 fully saturated rings. The van der Waals surface area contributed by atoms with Crippen molar-refractivity contribution >= 4 is 32.5 Å². The summed E-state index contributed by atoms with van der Waals surface area (Å²) in [5.74, 6) is 0.862. The smallest absolute Gasteiger partial charge is 0.143 e. The second-order valence-electron chi connectivity index (χ2n) is 3.98. The van der Waals surface area contributed by atoms with Gasteiger partial charge in [-0.1, -0.05) is 12.1 Å². The molecular weight excluding hydrogens is 280 g/mol. The van der Waals surface area contributed by atoms with Crippen LogP contribution in [0.15, 0.2) is 35.1 Å². The zero-order valence-corrected chi connectivity index (χ0v) is 11.2. The summed E-state index contributed by atoms with van der Waals surface area (Å²) in [6.45, 7) is 2.09. The number of para-hydroxylation sites is 1. The van der Waals surface area contributed by atoms with Crippen LogP contribution in [-0.4, -0.2) is 16.5 Å². The average molecular weight is 291 g/mol. The molecule has 0 saturated heterocycles. The molecule has 4 heteroatoms. The molecule has 0 spiro atoms. The van der Waals surface area contributed by atoms with Crippen LogP contribution >= 0.6 is 15.9 Å². The van der Waals surface area contributed by atoms with Gasteiger partial charge in [0.15, 0.2) is 0 Å². The Balaban J connectivity index is 2.60. The van der Waals surface area contributed by atoms with Gasteiger partial charge in [0.2, 0.25) is 0 Å². The summed E-state index contributed by atoms with van der Waals surface area (Å²) in [6, 6.07) is 8.15. The molecular formula is C13H11BrN2O. The zero-order valence-electron chi connectivity index (χ0n) is 9.57. The molecule has 0 bridgehead atoms. The topological polar surface area (TPSA) is 26.5 Å². The minimum absolute atomic E-state index is 0.829. The molecule has 3 nitrogen and oxygen atoms in total. The van der Waals surface area contributed by atoms with Gasteiger partial charge in [-0.25, -0.2) is 4.98 Å². The second-order valence-corrected chi connectivity index (χ2v) is 4.79. The maximum absolute atomic E-state index is 5.44. The monoisotopic (exact) mass is 290 g/mol. The van der Waals surface area contributed by atoms with Crippen molar-refractivity contribution < 1.29 is 4.74 Å². The number of imidazole rings is 1. The summed E-state index contributed by atoms with van der Waals surface area (Å²) in [5.41, 5.74) is 3.18. The summed E-state index contributed by atoms with van der Waals surface area (Å²) < 4.78 is 8.31. The van der Waals surface area contributed by atoms with Crippen LogP contribution in [0.4, 0.5) is 0 Å². The SMILES string of the molecule is COc1cccc2c(C)cc3nc(Br)cn3c12. The number of halogens is 1. The molecule has 2 heterocycles. The first kappa shape index (κ1) is 10.6. The summed E-state index contributed by atoms with van der Waals surface area (Å²) in [4.78, 5) is 4.42. The zero-order chi connectivity index (χ0) is 12.0. The molecule has 0 aliphatic rings. The van der Waals surface area contributed by atoms with Gasteiger partial charge >= 0.3 is 0 Å². The highest BCUT2D eigenvalue weighted by atomic mass is 79.9. The van der Waals surface area contributed by atoms with Gasteiger partial charge in [0.05, 0.1) is 12.6 Å². The lowest BCUT2D eigenvalue weighted by Gasteiger charge is -2.09. The number of aromatic nitrogens is 2. The Morgan fingerprint density at radius 3 is 2.94 bits per heavy atom. The molecule has 17 heavy (non-hydrogen) atoms. The third-order valence-corrected chi connectivity index (χ3v) is 3.32. The van der Waals surface area contributed by atoms with Crippen LogP contribution in [0, 0.1) is 6.92 Å². The van der Waals surface area contributed by atoms with Gasteiger partial charge < -0.3 is 4.74 Å². The van der Waals surface area contributed by atoms with E-state index in [1.165, 1.54) is 10.9 Å². The van der Waals surface area contributed by atoms with Gasteiger partial charge in [-0.2, -0.15) is 0 Å². The number of nitrogens with zero attached hydrogens (tertiary/aromatic N) is 2. The fourth-order valence-corrected chi connectivity index (χ4v) is 2.56. The minimum atomic E-state index is 0.829. The number of ether oxygens (including phenoxy) is 1. The van der Waals surface area contributed by atoms with Crippen LogP contribution in [0.3, 0.4) is 0 Å². The minimum Gasteiger partial charge on any atom is -0.495 e. The van der Waals surface area contributed by atoms with E-state index in [1.807, 2.05) is 22.7 Å². The van der Waals surface area contributed by atoms with Crippen LogP contribution in [0.5, 0.6) is 5.75 Å². The lowest BCUT2D eigenvalue weighted by atomic mass is 10.1. The van der Waals surface area contributed by atoms with Gasteiger partial charge in [-0.15, -0.1) is 0 Å². The fourth-order valence-electron chi connectivity index (χ4n) is 2.17. The van der Waals surface area contributed by atoms with Crippen LogP contribution < -0.4 is 4.74 Å². The van der Waals surface area contributed by atoms with Gasteiger partial charge in [-0.05, 0) is 40.5 Å². The van der Waals surface area contributed by atoms with Crippen molar-refractivity contribution in [2.75, 3.05) is 7.11 Å². The van der Waals surface area contributed by atoms with Gasteiger partial charge in [0.25, 0.3) is 0 Å². The van der Waals surface area contributed by atoms with Crippen LogP contribution in [0.25, 0.3) is 16.6 Å². The summed E-state index contributed by atoms with van der Waals surface area (Å²) >= 11 is 3.41. The Labute approximate surface area is 107 Å². The molecule has 0 aliphatic heterocycles. The highest BCUT2D eigenvalue weighted by Gasteiger charge is 2.10. The van der Waals surface area contributed by atoms with Crippen molar-refractivity contribution in [2.24, 2.45) is 0 Å². The number of fused-ring (bicyclic) bond motifs is 3. The number of pyridine rings is 1. The highest BCUT2D eigenvalue weighted by molar-refractivity contribution is 9.10. The van der Waals surface area contributed by atoms with Gasteiger partial charge in [-0.3, -0.25) is 4.40 Å². The van der Waals surface area contributed by atoms with Crippen molar-refractivity contribution in [2.45, 2.75) is 6.92 Å². The van der Waals surface area contributed by atoms with E-state index in [1.54, 1.807) is 7.11 Å². The predicted octanol–water partition coefficient (Wildman–Crippen LogP) is 3.57. The van der Waals surface area contributed by atoms with Crippen LogP contribution in [-0.2, 0) is 0 Å². The Hall–Kier alpha value is -1.55. The van der Waals surface area contributed by atoms with Crippen LogP contribution in [0.2, 0.25) is 0 Å². The first-order chi connectivity index (χ1) is 8.20. The number of methoxy groups -OCH3 is 1. The van der Waals surface area contributed by atoms with Gasteiger partial charge in [0.1, 0.15) is 16.0 Å². The van der Waals surface area contributed by atoms with Crippen molar-refractivity contribution in [3.63, 3.8) is 0 Å². The number of hydrogen-bond acceptors (Lipinski definition) is 2. The first-order valence-electron chi connectivity index (χ1n) is 5.31. The maximum Gasteiger partial charge on any atom is 0.143 e. The molecule has 86 valence electrons. The Kier molecular flexibility index (Phi) is 2.33. The summed E-state index contributed by atoms with van der Waals surface area (Å²) in [5, 5.41) is 1.18. The van der Waals surface area contributed by atoms with E-state index in [9.17, 15) is 0 Å². The fraction of sp³-hybridized carbons (Fsp3) is 0.154. The normalized spacial score (nSPS) is 11.2. The van der Waals surface area contributed by atoms with E-state index < -0.39 is 0 Å². The van der Waals surface area contributed by atoms with E-state index in [2.05, 4.69) is 40.0 Å². The highest BCUT2D eigenvalue weighted by Crippen LogP contribution is 2.29. The Morgan fingerprint density at radius 1 is 1.35 bits per heavy atom. The van der Waals surface area contributed by atoms with Crippen molar-refractivity contribution in [1.82, 2.24) is 9.38 Å². The van der Waals surface area contributed by atoms with E-state index in [4.69, 9.17) is 4.74 Å². The number of benzene rings is 1.